The van der Waals surface area contributed by atoms with Crippen LogP contribution in [0, 0.1) is 0 Å². The van der Waals surface area contributed by atoms with Gasteiger partial charge in [-0.3, -0.25) is 0 Å². The summed E-state index contributed by atoms with van der Waals surface area (Å²) >= 11 is 3.39. The summed E-state index contributed by atoms with van der Waals surface area (Å²) in [7, 11) is 0. The van der Waals surface area contributed by atoms with E-state index < -0.39 is 0 Å². The fourth-order valence-electron chi connectivity index (χ4n) is 0.986. The molecule has 3 heteroatoms. The van der Waals surface area contributed by atoms with Gasteiger partial charge in [0.2, 0.25) is 0 Å². The zero-order valence-corrected chi connectivity index (χ0v) is 8.47. The molecule has 0 spiro atoms. The van der Waals surface area contributed by atoms with Gasteiger partial charge in [0.15, 0.2) is 0 Å². The predicted molar refractivity (Wildman–Crippen MR) is 54.9 cm³/mol. The Bertz CT molecular complexity index is 220. The van der Waals surface area contributed by atoms with Crippen LogP contribution in [-0.2, 0) is 6.42 Å². The lowest BCUT2D eigenvalue weighted by Crippen LogP contribution is -2.24. The average molecular weight is 229 g/mol. The molecule has 3 N–H and O–H groups in total. The number of benzene rings is 1. The van der Waals surface area contributed by atoms with Crippen molar-refractivity contribution in [1.82, 2.24) is 5.32 Å². The Labute approximate surface area is 81.3 Å². The van der Waals surface area contributed by atoms with Crippen LogP contribution in [-0.4, -0.2) is 13.2 Å². The lowest BCUT2D eigenvalue weighted by Gasteiger charge is -2.01. The summed E-state index contributed by atoms with van der Waals surface area (Å²) in [6.07, 6.45) is 1.03. The standard InChI is InChI=1S/C9H13BrN2/c10-9-3-1-8(2-4-9)5-6-12-7-11/h1-4,12H,5-7,11H2. The second-order valence-electron chi connectivity index (χ2n) is 2.58. The second-order valence-corrected chi connectivity index (χ2v) is 3.50. The van der Waals surface area contributed by atoms with Crippen LogP contribution in [0.1, 0.15) is 5.56 Å². The van der Waals surface area contributed by atoms with E-state index in [1.54, 1.807) is 0 Å². The Balaban J connectivity index is 2.37. The zero-order chi connectivity index (χ0) is 8.81. The van der Waals surface area contributed by atoms with Gasteiger partial charge in [-0.15, -0.1) is 0 Å². The smallest absolute Gasteiger partial charge is 0.0428 e. The first-order valence-electron chi connectivity index (χ1n) is 3.98. The highest BCUT2D eigenvalue weighted by molar-refractivity contribution is 9.10. The summed E-state index contributed by atoms with van der Waals surface area (Å²) in [6.45, 7) is 1.49. The van der Waals surface area contributed by atoms with Gasteiger partial charge >= 0.3 is 0 Å². The van der Waals surface area contributed by atoms with Gasteiger partial charge in [0.1, 0.15) is 0 Å². The SMILES string of the molecule is NCNCCc1ccc(Br)cc1. The molecule has 0 aromatic heterocycles. The molecule has 66 valence electrons. The Kier molecular flexibility index (Phi) is 4.29. The van der Waals surface area contributed by atoms with Crippen LogP contribution >= 0.6 is 15.9 Å². The van der Waals surface area contributed by atoms with E-state index in [1.165, 1.54) is 5.56 Å². The fraction of sp³-hybridized carbons (Fsp3) is 0.333. The molecular formula is C9H13BrN2. The first-order chi connectivity index (χ1) is 5.83. The van der Waals surface area contributed by atoms with Gasteiger partial charge in [0, 0.05) is 17.7 Å². The highest BCUT2D eigenvalue weighted by atomic mass is 79.9. The molecule has 1 aromatic carbocycles. The quantitative estimate of drug-likeness (QED) is 0.606. The van der Waals surface area contributed by atoms with Crippen LogP contribution in [0.4, 0.5) is 0 Å². The summed E-state index contributed by atoms with van der Waals surface area (Å²) in [5.41, 5.74) is 6.63. The van der Waals surface area contributed by atoms with Crippen molar-refractivity contribution >= 4 is 15.9 Å². The highest BCUT2D eigenvalue weighted by Gasteiger charge is 1.91. The van der Waals surface area contributed by atoms with Crippen molar-refractivity contribution in [3.63, 3.8) is 0 Å². The van der Waals surface area contributed by atoms with E-state index in [9.17, 15) is 0 Å². The van der Waals surface area contributed by atoms with E-state index in [2.05, 4.69) is 45.5 Å². The molecule has 2 nitrogen and oxygen atoms in total. The molecular weight excluding hydrogens is 216 g/mol. The normalized spacial score (nSPS) is 10.2. The first kappa shape index (κ1) is 9.71. The van der Waals surface area contributed by atoms with Gasteiger partial charge in [-0.2, -0.15) is 0 Å². The summed E-state index contributed by atoms with van der Waals surface area (Å²) in [5.74, 6) is 0. The van der Waals surface area contributed by atoms with Crippen LogP contribution in [0.25, 0.3) is 0 Å². The third kappa shape index (κ3) is 3.34. The topological polar surface area (TPSA) is 38.0 Å². The minimum atomic E-state index is 0.552. The van der Waals surface area contributed by atoms with Gasteiger partial charge in [0.25, 0.3) is 0 Å². The largest absolute Gasteiger partial charge is 0.318 e. The second kappa shape index (κ2) is 5.30. The van der Waals surface area contributed by atoms with Crippen LogP contribution < -0.4 is 11.1 Å². The third-order valence-electron chi connectivity index (χ3n) is 1.65. The van der Waals surface area contributed by atoms with Crippen LogP contribution in [0.5, 0.6) is 0 Å². The lowest BCUT2D eigenvalue weighted by molar-refractivity contribution is 0.701. The molecule has 1 rings (SSSR count). The minimum Gasteiger partial charge on any atom is -0.318 e. The van der Waals surface area contributed by atoms with Gasteiger partial charge in [0.05, 0.1) is 0 Å². The van der Waals surface area contributed by atoms with Crippen LogP contribution in [0.15, 0.2) is 28.7 Å². The van der Waals surface area contributed by atoms with Gasteiger partial charge in [-0.25, -0.2) is 0 Å². The average Bonchev–Trinajstić information content (AvgIpc) is 2.09. The molecule has 1 aromatic rings. The molecule has 12 heavy (non-hydrogen) atoms. The Morgan fingerprint density at radius 2 is 1.92 bits per heavy atom. The van der Waals surface area contributed by atoms with E-state index in [1.807, 2.05) is 0 Å². The third-order valence-corrected chi connectivity index (χ3v) is 2.18. The maximum atomic E-state index is 5.30. The summed E-state index contributed by atoms with van der Waals surface area (Å²) in [6, 6.07) is 8.33. The van der Waals surface area contributed by atoms with Crippen molar-refractivity contribution in [3.8, 4) is 0 Å². The Hall–Kier alpha value is -0.380. The van der Waals surface area contributed by atoms with E-state index in [0.29, 0.717) is 6.67 Å². The van der Waals surface area contributed by atoms with Crippen molar-refractivity contribution in [2.45, 2.75) is 6.42 Å². The number of rotatable bonds is 4. The van der Waals surface area contributed by atoms with Gasteiger partial charge in [-0.1, -0.05) is 28.1 Å². The fourth-order valence-corrected chi connectivity index (χ4v) is 1.25. The molecule has 0 heterocycles. The van der Waals surface area contributed by atoms with Crippen molar-refractivity contribution in [2.24, 2.45) is 5.73 Å². The molecule has 0 aliphatic rings. The van der Waals surface area contributed by atoms with Crippen molar-refractivity contribution in [2.75, 3.05) is 13.2 Å². The van der Waals surface area contributed by atoms with Crippen molar-refractivity contribution < 1.29 is 0 Å². The molecule has 0 atom stereocenters. The lowest BCUT2D eigenvalue weighted by atomic mass is 10.1. The van der Waals surface area contributed by atoms with Gasteiger partial charge < -0.3 is 11.1 Å². The van der Waals surface area contributed by atoms with E-state index >= 15 is 0 Å². The monoisotopic (exact) mass is 228 g/mol. The Morgan fingerprint density at radius 3 is 2.50 bits per heavy atom. The van der Waals surface area contributed by atoms with Crippen LogP contribution in [0.2, 0.25) is 0 Å². The van der Waals surface area contributed by atoms with E-state index in [0.717, 1.165) is 17.4 Å². The number of nitrogens with two attached hydrogens (primary N) is 1. The maximum absolute atomic E-state index is 5.30. The number of hydrogen-bond acceptors (Lipinski definition) is 2. The highest BCUT2D eigenvalue weighted by Crippen LogP contribution is 2.10. The molecule has 0 radical (unpaired) electrons. The number of nitrogens with one attached hydrogen (secondary N) is 1. The predicted octanol–water partition coefficient (Wildman–Crippen LogP) is 1.50. The summed E-state index contributed by atoms with van der Waals surface area (Å²) < 4.78 is 1.12. The van der Waals surface area contributed by atoms with E-state index in [4.69, 9.17) is 5.73 Å². The van der Waals surface area contributed by atoms with Gasteiger partial charge in [-0.05, 0) is 24.1 Å². The van der Waals surface area contributed by atoms with E-state index in [-0.39, 0.29) is 0 Å². The first-order valence-corrected chi connectivity index (χ1v) is 4.77. The number of hydrogen-bond donors (Lipinski definition) is 2. The molecule has 0 saturated carbocycles. The molecule has 0 unspecified atom stereocenters. The number of halogens is 1. The summed E-state index contributed by atoms with van der Waals surface area (Å²) in [5, 5.41) is 3.08. The van der Waals surface area contributed by atoms with Crippen LogP contribution in [0.3, 0.4) is 0 Å². The molecule has 0 bridgehead atoms. The van der Waals surface area contributed by atoms with Crippen molar-refractivity contribution in [3.05, 3.63) is 34.3 Å². The molecule has 0 amide bonds. The molecule has 0 aliphatic heterocycles. The molecule has 0 saturated heterocycles. The molecule has 0 aliphatic carbocycles. The zero-order valence-electron chi connectivity index (χ0n) is 6.89. The molecule has 0 fully saturated rings. The summed E-state index contributed by atoms with van der Waals surface area (Å²) in [4.78, 5) is 0. The van der Waals surface area contributed by atoms with Crippen molar-refractivity contribution in [1.29, 1.82) is 0 Å². The maximum Gasteiger partial charge on any atom is 0.0428 e. The Morgan fingerprint density at radius 1 is 1.25 bits per heavy atom. The minimum absolute atomic E-state index is 0.552.